The summed E-state index contributed by atoms with van der Waals surface area (Å²) in [5, 5.41) is 18.8. The van der Waals surface area contributed by atoms with Crippen molar-refractivity contribution < 1.29 is 5.11 Å². The summed E-state index contributed by atoms with van der Waals surface area (Å²) in [5.41, 5.74) is 4.21. The average molecular weight is 332 g/mol. The number of para-hydroxylation sites is 1. The molecule has 2 unspecified atom stereocenters. The molecule has 5 heteroatoms. The van der Waals surface area contributed by atoms with Crippen LogP contribution >= 0.6 is 0 Å². The smallest absolute Gasteiger partial charge is 0.136 e. The minimum absolute atomic E-state index is 0.0157. The molecule has 0 saturated carbocycles. The first kappa shape index (κ1) is 15.6. The van der Waals surface area contributed by atoms with Crippen LogP contribution in [0.5, 0.6) is 5.75 Å². The van der Waals surface area contributed by atoms with Crippen LogP contribution in [-0.4, -0.2) is 14.7 Å². The van der Waals surface area contributed by atoms with Crippen molar-refractivity contribution in [3.8, 4) is 11.6 Å². The van der Waals surface area contributed by atoms with Crippen LogP contribution in [0.15, 0.2) is 65.0 Å². The molecule has 3 aromatic rings. The molecule has 5 nitrogen and oxygen atoms in total. The van der Waals surface area contributed by atoms with Gasteiger partial charge in [-0.2, -0.15) is 10.2 Å². The maximum Gasteiger partial charge on any atom is 0.136 e. The van der Waals surface area contributed by atoms with E-state index in [9.17, 15) is 5.11 Å². The summed E-state index contributed by atoms with van der Waals surface area (Å²) in [4.78, 5) is 4.61. The largest absolute Gasteiger partial charge is 0.508 e. The van der Waals surface area contributed by atoms with Gasteiger partial charge in [0.1, 0.15) is 17.6 Å². The number of aromatic nitrogens is 2. The van der Waals surface area contributed by atoms with E-state index in [1.54, 1.807) is 6.07 Å². The third-order valence-electron chi connectivity index (χ3n) is 4.74. The first-order valence-corrected chi connectivity index (χ1v) is 8.42. The third-order valence-corrected chi connectivity index (χ3v) is 4.74. The van der Waals surface area contributed by atoms with E-state index in [-0.39, 0.29) is 17.8 Å². The highest BCUT2D eigenvalue weighted by Gasteiger charge is 2.26. The van der Waals surface area contributed by atoms with E-state index in [0.717, 1.165) is 34.8 Å². The van der Waals surface area contributed by atoms with Crippen molar-refractivity contribution >= 4 is 0 Å². The van der Waals surface area contributed by atoms with Gasteiger partial charge >= 0.3 is 0 Å². The van der Waals surface area contributed by atoms with Crippen LogP contribution in [0.2, 0.25) is 0 Å². The van der Waals surface area contributed by atoms with Crippen LogP contribution in [0.4, 0.5) is 0 Å². The number of phenolic OH excluding ortho intramolecular Hbond substituents is 1. The number of rotatable bonds is 3. The van der Waals surface area contributed by atoms with Gasteiger partial charge in [-0.05, 0) is 43.7 Å². The van der Waals surface area contributed by atoms with Gasteiger partial charge in [0.25, 0.3) is 0 Å². The van der Waals surface area contributed by atoms with Crippen molar-refractivity contribution in [3.63, 3.8) is 0 Å². The summed E-state index contributed by atoms with van der Waals surface area (Å²) < 4.78 is 2.13. The second-order valence-electron chi connectivity index (χ2n) is 6.46. The predicted octanol–water partition coefficient (Wildman–Crippen LogP) is 4.83. The number of pyridine rings is 1. The Balaban J connectivity index is 1.54. The summed E-state index contributed by atoms with van der Waals surface area (Å²) in [7, 11) is 0. The Kier molecular flexibility index (Phi) is 3.84. The van der Waals surface area contributed by atoms with E-state index in [4.69, 9.17) is 0 Å². The monoisotopic (exact) mass is 332 g/mol. The molecule has 25 heavy (non-hydrogen) atoms. The highest BCUT2D eigenvalue weighted by molar-refractivity contribution is 5.37. The minimum atomic E-state index is -0.0974. The molecule has 0 fully saturated rings. The van der Waals surface area contributed by atoms with Gasteiger partial charge in [0.15, 0.2) is 0 Å². The lowest BCUT2D eigenvalue weighted by Crippen LogP contribution is -2.03. The van der Waals surface area contributed by atoms with Gasteiger partial charge in [-0.15, -0.1) is 0 Å². The Hall–Kier alpha value is -2.95. The number of hydrogen-bond acceptors (Lipinski definition) is 4. The number of hydrogen-bond donors (Lipinski definition) is 1. The van der Waals surface area contributed by atoms with Gasteiger partial charge in [-0.1, -0.05) is 24.3 Å². The first-order chi connectivity index (χ1) is 12.1. The average Bonchev–Trinajstić information content (AvgIpc) is 3.23. The molecule has 0 amide bonds. The lowest BCUT2D eigenvalue weighted by molar-refractivity contribution is 0.460. The summed E-state index contributed by atoms with van der Waals surface area (Å²) in [6, 6.07) is 15.5. The van der Waals surface area contributed by atoms with Crippen molar-refractivity contribution in [2.75, 3.05) is 0 Å². The number of aryl methyl sites for hydroxylation is 2. The minimum Gasteiger partial charge on any atom is -0.508 e. The SMILES string of the molecule is Cc1ccc(C)n1-c1ccc(C2CC(c3ccccc3O)N=N2)cn1. The predicted molar refractivity (Wildman–Crippen MR) is 96.1 cm³/mol. The van der Waals surface area contributed by atoms with Gasteiger partial charge in [0, 0.05) is 29.6 Å². The molecule has 1 N–H and O–H groups in total. The van der Waals surface area contributed by atoms with Gasteiger partial charge in [-0.25, -0.2) is 4.98 Å². The molecule has 3 heterocycles. The number of aromatic hydroxyl groups is 1. The van der Waals surface area contributed by atoms with E-state index in [1.165, 1.54) is 0 Å². The molecule has 126 valence electrons. The molecule has 1 aromatic carbocycles. The molecule has 0 aliphatic carbocycles. The maximum atomic E-state index is 10.0. The second-order valence-corrected chi connectivity index (χ2v) is 6.46. The number of phenols is 1. The van der Waals surface area contributed by atoms with Crippen molar-refractivity contribution in [2.45, 2.75) is 32.4 Å². The maximum absolute atomic E-state index is 10.0. The molecule has 0 radical (unpaired) electrons. The fraction of sp³-hybridized carbons (Fsp3) is 0.250. The Bertz CT molecular complexity index is 908. The van der Waals surface area contributed by atoms with E-state index in [2.05, 4.69) is 51.8 Å². The van der Waals surface area contributed by atoms with Gasteiger partial charge in [-0.3, -0.25) is 0 Å². The van der Waals surface area contributed by atoms with Crippen molar-refractivity contribution in [2.24, 2.45) is 10.2 Å². The zero-order valence-electron chi connectivity index (χ0n) is 14.3. The second kappa shape index (κ2) is 6.16. The highest BCUT2D eigenvalue weighted by atomic mass is 16.3. The van der Waals surface area contributed by atoms with Crippen molar-refractivity contribution in [1.29, 1.82) is 0 Å². The molecule has 0 bridgehead atoms. The molecule has 2 aromatic heterocycles. The Labute approximate surface area is 146 Å². The topological polar surface area (TPSA) is 62.8 Å². The van der Waals surface area contributed by atoms with Crippen molar-refractivity contribution in [3.05, 3.63) is 77.2 Å². The summed E-state index contributed by atoms with van der Waals surface area (Å²) >= 11 is 0. The number of nitrogens with zero attached hydrogens (tertiary/aromatic N) is 4. The molecule has 0 saturated heterocycles. The zero-order chi connectivity index (χ0) is 17.4. The molecule has 1 aliphatic heterocycles. The van der Waals surface area contributed by atoms with Crippen LogP contribution in [-0.2, 0) is 0 Å². The standard InChI is InChI=1S/C20H20N4O/c1-13-7-8-14(2)24(13)20-10-9-15(12-21-20)17-11-18(23-22-17)16-5-3-4-6-19(16)25/h3-10,12,17-18,25H,11H2,1-2H3. The summed E-state index contributed by atoms with van der Waals surface area (Å²) in [6.07, 6.45) is 2.63. The summed E-state index contributed by atoms with van der Waals surface area (Å²) in [6.45, 7) is 4.15. The number of benzene rings is 1. The van der Waals surface area contributed by atoms with Crippen LogP contribution in [0, 0.1) is 13.8 Å². The van der Waals surface area contributed by atoms with Gasteiger partial charge in [0.2, 0.25) is 0 Å². The Morgan fingerprint density at radius 2 is 1.64 bits per heavy atom. The molecule has 2 atom stereocenters. The van der Waals surface area contributed by atoms with Crippen LogP contribution in [0.3, 0.4) is 0 Å². The Morgan fingerprint density at radius 3 is 2.32 bits per heavy atom. The highest BCUT2D eigenvalue weighted by Crippen LogP contribution is 2.41. The molecule has 4 rings (SSSR count). The van der Waals surface area contributed by atoms with Crippen molar-refractivity contribution in [1.82, 2.24) is 9.55 Å². The first-order valence-electron chi connectivity index (χ1n) is 8.42. The van der Waals surface area contributed by atoms with Crippen LogP contribution < -0.4 is 0 Å². The van der Waals surface area contributed by atoms with Gasteiger partial charge in [0.05, 0.1) is 6.04 Å². The van der Waals surface area contributed by atoms with E-state index in [1.807, 2.05) is 30.5 Å². The normalized spacial score (nSPS) is 19.4. The molecular weight excluding hydrogens is 312 g/mol. The van der Waals surface area contributed by atoms with Gasteiger partial charge < -0.3 is 9.67 Å². The lowest BCUT2D eigenvalue weighted by Gasteiger charge is -2.12. The lowest BCUT2D eigenvalue weighted by atomic mass is 9.97. The fourth-order valence-electron chi connectivity index (χ4n) is 3.38. The van der Waals surface area contributed by atoms with Crippen LogP contribution in [0.1, 0.15) is 41.0 Å². The molecular formula is C20H20N4O. The van der Waals surface area contributed by atoms with E-state index < -0.39 is 0 Å². The van der Waals surface area contributed by atoms with E-state index >= 15 is 0 Å². The fourth-order valence-corrected chi connectivity index (χ4v) is 3.38. The zero-order valence-corrected chi connectivity index (χ0v) is 14.3. The third kappa shape index (κ3) is 2.82. The quantitative estimate of drug-likeness (QED) is 0.746. The summed E-state index contributed by atoms with van der Waals surface area (Å²) in [5.74, 6) is 1.19. The van der Waals surface area contributed by atoms with Crippen LogP contribution in [0.25, 0.3) is 5.82 Å². The number of azo groups is 1. The Morgan fingerprint density at radius 1 is 0.920 bits per heavy atom. The molecule has 0 spiro atoms. The molecule has 1 aliphatic rings. The van der Waals surface area contributed by atoms with E-state index in [0.29, 0.717) is 0 Å².